The molecule has 0 bridgehead atoms. The highest BCUT2D eigenvalue weighted by atomic mass is 16.1. The van der Waals surface area contributed by atoms with E-state index >= 15 is 0 Å². The van der Waals surface area contributed by atoms with Gasteiger partial charge in [-0.15, -0.1) is 0 Å². The third-order valence-corrected chi connectivity index (χ3v) is 3.29. The van der Waals surface area contributed by atoms with E-state index in [0.29, 0.717) is 29.3 Å². The minimum atomic E-state index is -0.132. The molecular formula is C18H20N4O. The zero-order valence-electron chi connectivity index (χ0n) is 13.3. The first-order chi connectivity index (χ1) is 11.1. The molecule has 1 aromatic heterocycles. The molecule has 0 radical (unpaired) electrons. The minimum Gasteiger partial charge on any atom is -0.354 e. The fourth-order valence-electron chi connectivity index (χ4n) is 2.04. The van der Waals surface area contributed by atoms with E-state index in [1.165, 1.54) is 0 Å². The number of carbonyl (C=O) groups excluding carboxylic acids is 1. The lowest BCUT2D eigenvalue weighted by Crippen LogP contribution is -2.25. The summed E-state index contributed by atoms with van der Waals surface area (Å²) >= 11 is 0. The van der Waals surface area contributed by atoms with Crippen molar-refractivity contribution < 1.29 is 4.79 Å². The maximum atomic E-state index is 12.1. The molecule has 0 fully saturated rings. The number of aromatic nitrogens is 1. The van der Waals surface area contributed by atoms with Crippen molar-refractivity contribution in [2.75, 3.05) is 11.9 Å². The van der Waals surface area contributed by atoms with Crippen molar-refractivity contribution in [2.45, 2.75) is 20.3 Å². The smallest absolute Gasteiger partial charge is 0.252 e. The third kappa shape index (κ3) is 5.11. The monoisotopic (exact) mass is 308 g/mol. The van der Waals surface area contributed by atoms with E-state index in [-0.39, 0.29) is 5.91 Å². The Bertz CT molecular complexity index is 719. The molecule has 0 saturated heterocycles. The summed E-state index contributed by atoms with van der Waals surface area (Å²) < 4.78 is 0. The number of nitrogens with one attached hydrogen (secondary N) is 2. The summed E-state index contributed by atoms with van der Waals surface area (Å²) in [6.07, 6.45) is 4.13. The highest BCUT2D eigenvalue weighted by molar-refractivity contribution is 5.94. The van der Waals surface area contributed by atoms with Crippen LogP contribution in [0.15, 0.2) is 42.7 Å². The Hall–Kier alpha value is -2.87. The Balaban J connectivity index is 2.04. The van der Waals surface area contributed by atoms with Crippen LogP contribution < -0.4 is 10.6 Å². The third-order valence-electron chi connectivity index (χ3n) is 3.29. The molecule has 2 aromatic rings. The molecule has 1 heterocycles. The summed E-state index contributed by atoms with van der Waals surface area (Å²) in [5, 5.41) is 15.0. The number of carbonyl (C=O) groups is 1. The van der Waals surface area contributed by atoms with Crippen molar-refractivity contribution in [3.63, 3.8) is 0 Å². The van der Waals surface area contributed by atoms with Crippen LogP contribution in [0.4, 0.5) is 11.4 Å². The molecule has 5 nitrogen and oxygen atoms in total. The summed E-state index contributed by atoms with van der Waals surface area (Å²) in [4.78, 5) is 16.2. The summed E-state index contributed by atoms with van der Waals surface area (Å²) in [6, 6.07) is 11.0. The molecule has 0 atom stereocenters. The molecule has 0 aliphatic carbocycles. The number of pyridine rings is 1. The van der Waals surface area contributed by atoms with Gasteiger partial charge in [0.2, 0.25) is 0 Å². The van der Waals surface area contributed by atoms with Crippen LogP contribution in [0, 0.1) is 17.2 Å². The Morgan fingerprint density at radius 3 is 2.83 bits per heavy atom. The zero-order chi connectivity index (χ0) is 16.7. The molecule has 0 spiro atoms. The lowest BCUT2D eigenvalue weighted by atomic mass is 10.1. The first kappa shape index (κ1) is 16.5. The lowest BCUT2D eigenvalue weighted by Gasteiger charge is -2.09. The second-order valence-electron chi connectivity index (χ2n) is 5.72. The van der Waals surface area contributed by atoms with E-state index in [0.717, 1.165) is 12.1 Å². The molecule has 0 aliphatic rings. The van der Waals surface area contributed by atoms with Gasteiger partial charge in [0.1, 0.15) is 0 Å². The van der Waals surface area contributed by atoms with E-state index < -0.39 is 0 Å². The van der Waals surface area contributed by atoms with Crippen molar-refractivity contribution in [3.8, 4) is 6.07 Å². The fraction of sp³-hybridized carbons (Fsp3) is 0.278. The Morgan fingerprint density at radius 2 is 2.09 bits per heavy atom. The molecule has 0 unspecified atom stereocenters. The molecule has 1 amide bonds. The van der Waals surface area contributed by atoms with Crippen molar-refractivity contribution in [2.24, 2.45) is 5.92 Å². The molecule has 1 aromatic carbocycles. The minimum absolute atomic E-state index is 0.132. The first-order valence-corrected chi connectivity index (χ1v) is 7.59. The van der Waals surface area contributed by atoms with Crippen molar-refractivity contribution in [1.82, 2.24) is 10.3 Å². The SMILES string of the molecule is CC(C)CCNC(=O)c1cncc(Nc2cccc(C#N)c2)c1. The second-order valence-corrected chi connectivity index (χ2v) is 5.72. The van der Waals surface area contributed by atoms with Crippen LogP contribution >= 0.6 is 0 Å². The summed E-state index contributed by atoms with van der Waals surface area (Å²) in [5.41, 5.74) is 2.57. The van der Waals surface area contributed by atoms with Gasteiger partial charge in [0, 0.05) is 18.4 Å². The van der Waals surface area contributed by atoms with Crippen LogP contribution in [-0.2, 0) is 0 Å². The first-order valence-electron chi connectivity index (χ1n) is 7.59. The number of nitriles is 1. The van der Waals surface area contributed by atoms with E-state index in [1.807, 2.05) is 6.07 Å². The van der Waals surface area contributed by atoms with E-state index in [9.17, 15) is 4.79 Å². The van der Waals surface area contributed by atoms with Gasteiger partial charge in [0.25, 0.3) is 5.91 Å². The van der Waals surface area contributed by atoms with Crippen LogP contribution in [0.5, 0.6) is 0 Å². The quantitative estimate of drug-likeness (QED) is 0.856. The molecule has 5 heteroatoms. The molecular weight excluding hydrogens is 288 g/mol. The molecule has 23 heavy (non-hydrogen) atoms. The molecule has 0 aliphatic heterocycles. The van der Waals surface area contributed by atoms with Gasteiger partial charge in [-0.05, 0) is 36.6 Å². The predicted octanol–water partition coefficient (Wildman–Crippen LogP) is 3.47. The van der Waals surface area contributed by atoms with Gasteiger partial charge in [-0.3, -0.25) is 9.78 Å². The highest BCUT2D eigenvalue weighted by Crippen LogP contribution is 2.17. The maximum Gasteiger partial charge on any atom is 0.252 e. The van der Waals surface area contributed by atoms with Gasteiger partial charge in [0.05, 0.1) is 29.1 Å². The molecule has 118 valence electrons. The predicted molar refractivity (Wildman–Crippen MR) is 90.5 cm³/mol. The topological polar surface area (TPSA) is 77.8 Å². The maximum absolute atomic E-state index is 12.1. The zero-order valence-corrected chi connectivity index (χ0v) is 13.3. The van der Waals surface area contributed by atoms with Gasteiger partial charge in [0.15, 0.2) is 0 Å². The van der Waals surface area contributed by atoms with Crippen LogP contribution in [0.2, 0.25) is 0 Å². The molecule has 2 rings (SSSR count). The van der Waals surface area contributed by atoms with E-state index in [4.69, 9.17) is 5.26 Å². The fourth-order valence-corrected chi connectivity index (χ4v) is 2.04. The largest absolute Gasteiger partial charge is 0.354 e. The Morgan fingerprint density at radius 1 is 1.26 bits per heavy atom. The molecule has 0 saturated carbocycles. The summed E-state index contributed by atoms with van der Waals surface area (Å²) in [7, 11) is 0. The number of hydrogen-bond donors (Lipinski definition) is 2. The number of anilines is 2. The normalized spacial score (nSPS) is 10.2. The van der Waals surface area contributed by atoms with Gasteiger partial charge < -0.3 is 10.6 Å². The van der Waals surface area contributed by atoms with Crippen molar-refractivity contribution in [3.05, 3.63) is 53.9 Å². The average molecular weight is 308 g/mol. The van der Waals surface area contributed by atoms with Crippen molar-refractivity contribution >= 4 is 17.3 Å². The number of amides is 1. The number of rotatable bonds is 6. The van der Waals surface area contributed by atoms with Crippen LogP contribution in [0.25, 0.3) is 0 Å². The van der Waals surface area contributed by atoms with E-state index in [2.05, 4.69) is 35.5 Å². The Labute approximate surface area is 136 Å². The highest BCUT2D eigenvalue weighted by Gasteiger charge is 2.07. The number of hydrogen-bond acceptors (Lipinski definition) is 4. The standard InChI is InChI=1S/C18H20N4O/c1-13(2)6-7-21-18(23)15-9-17(12-20-11-15)22-16-5-3-4-14(8-16)10-19/h3-5,8-9,11-13,22H,6-7H2,1-2H3,(H,21,23). The van der Waals surface area contributed by atoms with Crippen molar-refractivity contribution in [1.29, 1.82) is 5.26 Å². The lowest BCUT2D eigenvalue weighted by molar-refractivity contribution is 0.0951. The Kier molecular flexibility index (Phi) is 5.70. The van der Waals surface area contributed by atoms with Crippen LogP contribution in [0.3, 0.4) is 0 Å². The van der Waals surface area contributed by atoms with Gasteiger partial charge in [-0.25, -0.2) is 0 Å². The van der Waals surface area contributed by atoms with Gasteiger partial charge in [-0.1, -0.05) is 19.9 Å². The van der Waals surface area contributed by atoms with Crippen LogP contribution in [-0.4, -0.2) is 17.4 Å². The van der Waals surface area contributed by atoms with E-state index in [1.54, 1.807) is 36.7 Å². The second kappa shape index (κ2) is 7.95. The summed E-state index contributed by atoms with van der Waals surface area (Å²) in [5.74, 6) is 0.418. The number of nitrogens with zero attached hydrogens (tertiary/aromatic N) is 2. The molecule has 2 N–H and O–H groups in total. The van der Waals surface area contributed by atoms with Gasteiger partial charge in [-0.2, -0.15) is 5.26 Å². The average Bonchev–Trinajstić information content (AvgIpc) is 2.55. The number of benzene rings is 1. The van der Waals surface area contributed by atoms with Gasteiger partial charge >= 0.3 is 0 Å². The van der Waals surface area contributed by atoms with Crippen LogP contribution in [0.1, 0.15) is 36.2 Å². The summed E-state index contributed by atoms with van der Waals surface area (Å²) in [6.45, 7) is 4.89.